The van der Waals surface area contributed by atoms with Crippen molar-refractivity contribution in [2.75, 3.05) is 31.6 Å². The zero-order valence-electron chi connectivity index (χ0n) is 15.5. The maximum atomic E-state index is 5.91. The lowest BCUT2D eigenvalue weighted by Crippen LogP contribution is -2.37. The molecule has 0 aliphatic carbocycles. The second kappa shape index (κ2) is 11.2. The lowest BCUT2D eigenvalue weighted by molar-refractivity contribution is 0.794. The zero-order chi connectivity index (χ0) is 18.2. The maximum absolute atomic E-state index is 5.91. The van der Waals surface area contributed by atoms with E-state index in [0.717, 1.165) is 43.6 Å². The number of guanidine groups is 1. The van der Waals surface area contributed by atoms with Gasteiger partial charge in [-0.05, 0) is 41.8 Å². The number of hydrogen-bond acceptors (Lipinski definition) is 2. The van der Waals surface area contributed by atoms with Gasteiger partial charge >= 0.3 is 0 Å². The van der Waals surface area contributed by atoms with Gasteiger partial charge in [0.2, 0.25) is 0 Å². The van der Waals surface area contributed by atoms with E-state index in [-0.39, 0.29) is 24.0 Å². The number of rotatable bonds is 6. The Hall–Kier alpha value is -1.73. The maximum Gasteiger partial charge on any atom is 0.191 e. The summed E-state index contributed by atoms with van der Waals surface area (Å²) in [6.07, 6.45) is 5.33. The molecule has 2 aromatic rings. The summed E-state index contributed by atoms with van der Waals surface area (Å²) in [5.74, 6) is 0.812. The second-order valence-electron chi connectivity index (χ2n) is 6.27. The molecular formula is C21H26ClIN4. The minimum absolute atomic E-state index is 0. The summed E-state index contributed by atoms with van der Waals surface area (Å²) < 4.78 is 0. The van der Waals surface area contributed by atoms with Gasteiger partial charge in [0.25, 0.3) is 0 Å². The fourth-order valence-electron chi connectivity index (χ4n) is 2.90. The molecule has 3 rings (SSSR count). The van der Waals surface area contributed by atoms with Gasteiger partial charge in [-0.2, -0.15) is 0 Å². The topological polar surface area (TPSA) is 39.7 Å². The van der Waals surface area contributed by atoms with Crippen molar-refractivity contribution in [2.45, 2.75) is 13.0 Å². The standard InChI is InChI=1S/C21H25ClN4.HI/c1-23-21(24-13-12-17-4-8-19(22)9-5-17)25-16-18-6-10-20(11-7-18)26-14-2-3-15-26;/h2-11H,12-16H2,1H3,(H2,23,24,25);1H. The van der Waals surface area contributed by atoms with Gasteiger partial charge in [-0.1, -0.05) is 48.0 Å². The molecule has 0 bridgehead atoms. The molecule has 0 amide bonds. The second-order valence-corrected chi connectivity index (χ2v) is 6.71. The van der Waals surface area contributed by atoms with Crippen molar-refractivity contribution in [3.8, 4) is 0 Å². The van der Waals surface area contributed by atoms with Crippen LogP contribution in [-0.2, 0) is 13.0 Å². The minimum atomic E-state index is 0. The SMILES string of the molecule is CN=C(NCCc1ccc(Cl)cc1)NCc1ccc(N2CC=CC2)cc1.I. The van der Waals surface area contributed by atoms with Crippen molar-refractivity contribution in [1.29, 1.82) is 0 Å². The highest BCUT2D eigenvalue weighted by atomic mass is 127. The Labute approximate surface area is 183 Å². The van der Waals surface area contributed by atoms with Crippen molar-refractivity contribution in [2.24, 2.45) is 4.99 Å². The van der Waals surface area contributed by atoms with Crippen LogP contribution in [0.2, 0.25) is 5.02 Å². The number of nitrogens with one attached hydrogen (secondary N) is 2. The van der Waals surface area contributed by atoms with Crippen molar-refractivity contribution in [1.82, 2.24) is 10.6 Å². The van der Waals surface area contributed by atoms with E-state index in [4.69, 9.17) is 11.6 Å². The molecule has 1 heterocycles. The van der Waals surface area contributed by atoms with Gasteiger partial charge in [0, 0.05) is 43.9 Å². The molecule has 1 aliphatic rings. The van der Waals surface area contributed by atoms with Gasteiger partial charge < -0.3 is 15.5 Å². The highest BCUT2D eigenvalue weighted by Crippen LogP contribution is 2.17. The molecule has 6 heteroatoms. The molecule has 144 valence electrons. The highest BCUT2D eigenvalue weighted by Gasteiger charge is 2.07. The van der Waals surface area contributed by atoms with Crippen LogP contribution in [0.4, 0.5) is 5.69 Å². The molecule has 0 fully saturated rings. The van der Waals surface area contributed by atoms with Crippen LogP contribution in [0.15, 0.2) is 65.7 Å². The van der Waals surface area contributed by atoms with Crippen LogP contribution in [0.25, 0.3) is 0 Å². The van der Waals surface area contributed by atoms with E-state index in [2.05, 4.69) is 69.1 Å². The summed E-state index contributed by atoms with van der Waals surface area (Å²) in [5.41, 5.74) is 3.76. The van der Waals surface area contributed by atoms with Crippen molar-refractivity contribution in [3.63, 3.8) is 0 Å². The first-order valence-electron chi connectivity index (χ1n) is 8.92. The van der Waals surface area contributed by atoms with E-state index in [0.29, 0.717) is 0 Å². The van der Waals surface area contributed by atoms with Crippen molar-refractivity contribution in [3.05, 3.63) is 76.8 Å². The van der Waals surface area contributed by atoms with E-state index >= 15 is 0 Å². The fraction of sp³-hybridized carbons (Fsp3) is 0.286. The number of aliphatic imine (C=N–C) groups is 1. The largest absolute Gasteiger partial charge is 0.364 e. The Balaban J connectivity index is 0.00000261. The first kappa shape index (κ1) is 21.6. The predicted molar refractivity (Wildman–Crippen MR) is 127 cm³/mol. The molecule has 0 aromatic heterocycles. The third-order valence-electron chi connectivity index (χ3n) is 4.42. The summed E-state index contributed by atoms with van der Waals surface area (Å²) in [7, 11) is 1.79. The molecule has 0 unspecified atom stereocenters. The molecule has 0 spiro atoms. The molecule has 0 saturated heterocycles. The number of hydrogen-bond donors (Lipinski definition) is 2. The average Bonchev–Trinajstić information content (AvgIpc) is 3.21. The summed E-state index contributed by atoms with van der Waals surface area (Å²) in [6, 6.07) is 16.7. The van der Waals surface area contributed by atoms with E-state index in [9.17, 15) is 0 Å². The van der Waals surface area contributed by atoms with E-state index in [1.54, 1.807) is 7.05 Å². The third kappa shape index (κ3) is 6.74. The number of nitrogens with zero attached hydrogens (tertiary/aromatic N) is 2. The molecule has 1 aliphatic heterocycles. The van der Waals surface area contributed by atoms with E-state index < -0.39 is 0 Å². The predicted octanol–water partition coefficient (Wildman–Crippen LogP) is 4.24. The van der Waals surface area contributed by atoms with Gasteiger partial charge in [0.1, 0.15) is 0 Å². The first-order chi connectivity index (χ1) is 12.7. The van der Waals surface area contributed by atoms with Crippen LogP contribution < -0.4 is 15.5 Å². The Bertz CT molecular complexity index is 749. The van der Waals surface area contributed by atoms with Crippen LogP contribution >= 0.6 is 35.6 Å². The van der Waals surface area contributed by atoms with Crippen molar-refractivity contribution >= 4 is 47.2 Å². The van der Waals surface area contributed by atoms with Gasteiger partial charge in [-0.15, -0.1) is 24.0 Å². The lowest BCUT2D eigenvalue weighted by atomic mass is 10.1. The van der Waals surface area contributed by atoms with Gasteiger partial charge in [0.05, 0.1) is 0 Å². The van der Waals surface area contributed by atoms with Crippen LogP contribution in [0.1, 0.15) is 11.1 Å². The molecule has 4 nitrogen and oxygen atoms in total. The Morgan fingerprint density at radius 3 is 2.22 bits per heavy atom. The number of anilines is 1. The monoisotopic (exact) mass is 496 g/mol. The Morgan fingerprint density at radius 2 is 1.59 bits per heavy atom. The van der Waals surface area contributed by atoms with Crippen molar-refractivity contribution < 1.29 is 0 Å². The molecule has 2 aromatic carbocycles. The third-order valence-corrected chi connectivity index (χ3v) is 4.67. The fourth-order valence-corrected chi connectivity index (χ4v) is 3.02. The number of benzene rings is 2. The quantitative estimate of drug-likeness (QED) is 0.272. The summed E-state index contributed by atoms with van der Waals surface area (Å²) >= 11 is 5.91. The van der Waals surface area contributed by atoms with Crippen LogP contribution in [0.3, 0.4) is 0 Å². The molecule has 0 radical (unpaired) electrons. The molecule has 0 saturated carbocycles. The van der Waals surface area contributed by atoms with Gasteiger partial charge in [0.15, 0.2) is 5.96 Å². The van der Waals surface area contributed by atoms with Gasteiger partial charge in [-0.3, -0.25) is 4.99 Å². The minimum Gasteiger partial charge on any atom is -0.364 e. The van der Waals surface area contributed by atoms with Crippen LogP contribution in [0.5, 0.6) is 0 Å². The summed E-state index contributed by atoms with van der Waals surface area (Å²) in [5, 5.41) is 7.48. The van der Waals surface area contributed by atoms with E-state index in [1.165, 1.54) is 16.8 Å². The Kier molecular flexibility index (Phi) is 8.94. The van der Waals surface area contributed by atoms with Crippen LogP contribution in [0, 0.1) is 0 Å². The van der Waals surface area contributed by atoms with E-state index in [1.807, 2.05) is 12.1 Å². The van der Waals surface area contributed by atoms with Gasteiger partial charge in [-0.25, -0.2) is 0 Å². The Morgan fingerprint density at radius 1 is 0.963 bits per heavy atom. The lowest BCUT2D eigenvalue weighted by Gasteiger charge is -2.18. The summed E-state index contributed by atoms with van der Waals surface area (Å²) in [6.45, 7) is 3.57. The zero-order valence-corrected chi connectivity index (χ0v) is 18.6. The smallest absolute Gasteiger partial charge is 0.191 e. The molecular weight excluding hydrogens is 471 g/mol. The first-order valence-corrected chi connectivity index (χ1v) is 9.30. The molecule has 0 atom stereocenters. The summed E-state index contributed by atoms with van der Waals surface area (Å²) in [4.78, 5) is 6.63. The normalized spacial score (nSPS) is 13.4. The number of halogens is 2. The average molecular weight is 497 g/mol. The molecule has 27 heavy (non-hydrogen) atoms. The highest BCUT2D eigenvalue weighted by molar-refractivity contribution is 14.0. The van der Waals surface area contributed by atoms with Crippen LogP contribution in [-0.4, -0.2) is 32.6 Å². The molecule has 2 N–H and O–H groups in total.